The number of amides is 2. The maximum atomic E-state index is 12.7. The van der Waals surface area contributed by atoms with Crippen molar-refractivity contribution < 1.29 is 9.59 Å². The van der Waals surface area contributed by atoms with Crippen molar-refractivity contribution in [2.24, 2.45) is 0 Å². The fourth-order valence-electron chi connectivity index (χ4n) is 3.31. The molecule has 2 aliphatic rings. The quantitative estimate of drug-likeness (QED) is 0.866. The molecule has 2 aliphatic heterocycles. The van der Waals surface area contributed by atoms with E-state index < -0.39 is 0 Å². The highest BCUT2D eigenvalue weighted by molar-refractivity contribution is 7.19. The lowest BCUT2D eigenvalue weighted by atomic mass is 10.2. The van der Waals surface area contributed by atoms with Gasteiger partial charge in [0, 0.05) is 30.2 Å². The lowest BCUT2D eigenvalue weighted by molar-refractivity contribution is -0.117. The summed E-state index contributed by atoms with van der Waals surface area (Å²) in [6.07, 6.45) is 3.08. The molecule has 0 radical (unpaired) electrons. The van der Waals surface area contributed by atoms with Crippen LogP contribution in [0.1, 0.15) is 25.7 Å². The Morgan fingerprint density at radius 3 is 2.65 bits per heavy atom. The lowest BCUT2D eigenvalue weighted by Gasteiger charge is -2.22. The molecule has 7 nitrogen and oxygen atoms in total. The van der Waals surface area contributed by atoms with Crippen LogP contribution < -0.4 is 15.1 Å². The van der Waals surface area contributed by atoms with Crippen LogP contribution in [-0.4, -0.2) is 41.1 Å². The number of hydrogen-bond donors (Lipinski definition) is 1. The summed E-state index contributed by atoms with van der Waals surface area (Å²) in [5.41, 5.74) is 0.715. The van der Waals surface area contributed by atoms with E-state index in [1.807, 2.05) is 4.90 Å². The summed E-state index contributed by atoms with van der Waals surface area (Å²) in [5, 5.41) is 13.3. The van der Waals surface area contributed by atoms with Crippen molar-refractivity contribution in [2.45, 2.75) is 31.7 Å². The average molecular weight is 392 g/mol. The molecule has 3 heterocycles. The van der Waals surface area contributed by atoms with E-state index in [1.54, 1.807) is 29.2 Å². The van der Waals surface area contributed by atoms with E-state index in [-0.39, 0.29) is 17.9 Å². The van der Waals surface area contributed by atoms with Crippen LogP contribution in [0.4, 0.5) is 16.0 Å². The van der Waals surface area contributed by atoms with Gasteiger partial charge in [-0.15, -0.1) is 10.2 Å². The number of halogens is 1. The molecule has 2 saturated heterocycles. The van der Waals surface area contributed by atoms with E-state index >= 15 is 0 Å². The molecule has 1 atom stereocenters. The molecule has 4 rings (SSSR count). The van der Waals surface area contributed by atoms with Crippen LogP contribution >= 0.6 is 22.9 Å². The molecule has 0 bridgehead atoms. The Morgan fingerprint density at radius 1 is 1.15 bits per heavy atom. The van der Waals surface area contributed by atoms with Gasteiger partial charge < -0.3 is 10.2 Å². The van der Waals surface area contributed by atoms with Crippen molar-refractivity contribution in [1.82, 2.24) is 10.2 Å². The first kappa shape index (κ1) is 17.2. The van der Waals surface area contributed by atoms with Crippen molar-refractivity contribution in [3.63, 3.8) is 0 Å². The smallest absolute Gasteiger partial charge is 0.247 e. The Hall–Kier alpha value is -2.19. The standard InChI is InChI=1S/C17H18ClN5O2S/c18-11-5-7-12(8-6-11)19-15(25)13-3-1-9-22(13)16-20-21-17(26-16)23-10-2-4-14(23)24/h5-8,13H,1-4,9-10H2,(H,19,25)/t13-/m1/s1. The van der Waals surface area contributed by atoms with Crippen molar-refractivity contribution in [3.8, 4) is 0 Å². The van der Waals surface area contributed by atoms with Crippen LogP contribution in [0, 0.1) is 0 Å². The predicted molar refractivity (Wildman–Crippen MR) is 102 cm³/mol. The van der Waals surface area contributed by atoms with Gasteiger partial charge in [0.1, 0.15) is 6.04 Å². The summed E-state index contributed by atoms with van der Waals surface area (Å²) in [6, 6.07) is 6.76. The maximum Gasteiger partial charge on any atom is 0.247 e. The fourth-order valence-corrected chi connectivity index (χ4v) is 4.40. The molecule has 0 spiro atoms. The van der Waals surface area contributed by atoms with E-state index in [0.29, 0.717) is 33.9 Å². The summed E-state index contributed by atoms with van der Waals surface area (Å²) in [4.78, 5) is 28.2. The summed E-state index contributed by atoms with van der Waals surface area (Å²) >= 11 is 7.25. The number of nitrogens with one attached hydrogen (secondary N) is 1. The first-order valence-corrected chi connectivity index (χ1v) is 9.78. The number of benzene rings is 1. The monoisotopic (exact) mass is 391 g/mol. The molecule has 2 aromatic rings. The third kappa shape index (κ3) is 3.39. The van der Waals surface area contributed by atoms with Gasteiger partial charge in [-0.3, -0.25) is 14.5 Å². The molecule has 0 aliphatic carbocycles. The second-order valence-electron chi connectivity index (χ2n) is 6.36. The number of nitrogens with zero attached hydrogens (tertiary/aromatic N) is 4. The van der Waals surface area contributed by atoms with Gasteiger partial charge >= 0.3 is 0 Å². The minimum absolute atomic E-state index is 0.0705. The Kier molecular flexibility index (Phi) is 4.78. The SMILES string of the molecule is O=C(Nc1ccc(Cl)cc1)[C@H]1CCCN1c1nnc(N2CCCC2=O)s1. The van der Waals surface area contributed by atoms with E-state index in [2.05, 4.69) is 15.5 Å². The molecule has 1 N–H and O–H groups in total. The molecule has 1 aromatic carbocycles. The third-order valence-electron chi connectivity index (χ3n) is 4.62. The van der Waals surface area contributed by atoms with Crippen LogP contribution in [0.15, 0.2) is 24.3 Å². The summed E-state index contributed by atoms with van der Waals surface area (Å²) in [5.74, 6) is 0.0185. The third-order valence-corrected chi connectivity index (χ3v) is 5.86. The Balaban J connectivity index is 1.48. The number of carbonyl (C=O) groups excluding carboxylic acids is 2. The van der Waals surface area contributed by atoms with E-state index in [1.165, 1.54) is 11.3 Å². The summed E-state index contributed by atoms with van der Waals surface area (Å²) < 4.78 is 0. The average Bonchev–Trinajstić information content (AvgIpc) is 3.35. The van der Waals surface area contributed by atoms with Gasteiger partial charge in [0.2, 0.25) is 22.1 Å². The van der Waals surface area contributed by atoms with Crippen LogP contribution in [0.2, 0.25) is 5.02 Å². The second-order valence-corrected chi connectivity index (χ2v) is 7.73. The van der Waals surface area contributed by atoms with Gasteiger partial charge in [-0.25, -0.2) is 0 Å². The predicted octanol–water partition coefficient (Wildman–Crippen LogP) is 2.93. The van der Waals surface area contributed by atoms with Gasteiger partial charge in [-0.05, 0) is 43.5 Å². The number of anilines is 3. The molecule has 2 fully saturated rings. The van der Waals surface area contributed by atoms with Gasteiger partial charge in [-0.2, -0.15) is 0 Å². The van der Waals surface area contributed by atoms with Gasteiger partial charge in [-0.1, -0.05) is 22.9 Å². The molecule has 136 valence electrons. The number of hydrogen-bond acceptors (Lipinski definition) is 6. The van der Waals surface area contributed by atoms with E-state index in [9.17, 15) is 9.59 Å². The highest BCUT2D eigenvalue weighted by Crippen LogP contribution is 2.34. The minimum Gasteiger partial charge on any atom is -0.335 e. The zero-order chi connectivity index (χ0) is 18.1. The number of aromatic nitrogens is 2. The van der Waals surface area contributed by atoms with E-state index in [4.69, 9.17) is 11.6 Å². The highest BCUT2D eigenvalue weighted by Gasteiger charge is 2.34. The Bertz CT molecular complexity index is 825. The van der Waals surface area contributed by atoms with Crippen molar-refractivity contribution in [2.75, 3.05) is 28.2 Å². The second kappa shape index (κ2) is 7.20. The maximum absolute atomic E-state index is 12.7. The summed E-state index contributed by atoms with van der Waals surface area (Å²) in [6.45, 7) is 1.44. The molecule has 0 unspecified atom stereocenters. The molecule has 26 heavy (non-hydrogen) atoms. The molecular weight excluding hydrogens is 374 g/mol. The van der Waals surface area contributed by atoms with Crippen LogP contribution in [0.5, 0.6) is 0 Å². The lowest BCUT2D eigenvalue weighted by Crippen LogP contribution is -2.39. The number of rotatable bonds is 4. The first-order chi connectivity index (χ1) is 12.6. The molecule has 2 amide bonds. The zero-order valence-electron chi connectivity index (χ0n) is 14.0. The minimum atomic E-state index is -0.291. The van der Waals surface area contributed by atoms with Crippen LogP contribution in [0.3, 0.4) is 0 Å². The Morgan fingerprint density at radius 2 is 1.92 bits per heavy atom. The normalized spacial score (nSPS) is 20.0. The topological polar surface area (TPSA) is 78.4 Å². The number of carbonyl (C=O) groups is 2. The highest BCUT2D eigenvalue weighted by atomic mass is 35.5. The molecule has 9 heteroatoms. The van der Waals surface area contributed by atoms with Crippen LogP contribution in [-0.2, 0) is 9.59 Å². The van der Waals surface area contributed by atoms with Gasteiger partial charge in [0.15, 0.2) is 0 Å². The molecule has 0 saturated carbocycles. The van der Waals surface area contributed by atoms with Crippen molar-refractivity contribution in [1.29, 1.82) is 0 Å². The summed E-state index contributed by atoms with van der Waals surface area (Å²) in [7, 11) is 0. The fraction of sp³-hybridized carbons (Fsp3) is 0.412. The van der Waals surface area contributed by atoms with Crippen molar-refractivity contribution >= 4 is 50.7 Å². The molecule has 1 aromatic heterocycles. The van der Waals surface area contributed by atoms with Crippen molar-refractivity contribution in [3.05, 3.63) is 29.3 Å². The first-order valence-electron chi connectivity index (χ1n) is 8.59. The largest absolute Gasteiger partial charge is 0.335 e. The van der Waals surface area contributed by atoms with Gasteiger partial charge in [0.05, 0.1) is 0 Å². The van der Waals surface area contributed by atoms with E-state index in [0.717, 1.165) is 25.8 Å². The van der Waals surface area contributed by atoms with Gasteiger partial charge in [0.25, 0.3) is 0 Å². The Labute approximate surface area is 160 Å². The molecular formula is C17H18ClN5O2S. The van der Waals surface area contributed by atoms with Crippen LogP contribution in [0.25, 0.3) is 0 Å². The zero-order valence-corrected chi connectivity index (χ0v) is 15.6.